The molecule has 0 amide bonds. The third-order valence-electron chi connectivity index (χ3n) is 4.48. The van der Waals surface area contributed by atoms with E-state index in [1.165, 1.54) is 24.0 Å². The largest absolute Gasteiger partial charge is 0.352 e. The number of hydrogen-bond donors (Lipinski definition) is 2. The minimum atomic E-state index is 0.364. The Morgan fingerprint density at radius 1 is 1.17 bits per heavy atom. The lowest BCUT2D eigenvalue weighted by Gasteiger charge is -2.16. The third-order valence-corrected chi connectivity index (χ3v) is 4.94. The summed E-state index contributed by atoms with van der Waals surface area (Å²) in [5, 5.41) is 6.92. The van der Waals surface area contributed by atoms with Gasteiger partial charge >= 0.3 is 0 Å². The van der Waals surface area contributed by atoms with Crippen LogP contribution < -0.4 is 10.6 Å². The fourth-order valence-electron chi connectivity index (χ4n) is 2.74. The summed E-state index contributed by atoms with van der Waals surface area (Å²) >= 11 is 3.55. The van der Waals surface area contributed by atoms with Gasteiger partial charge in [-0.25, -0.2) is 4.98 Å². The maximum Gasteiger partial charge on any atom is 0.225 e. The van der Waals surface area contributed by atoms with E-state index in [4.69, 9.17) is 4.98 Å². The molecule has 5 heteroatoms. The molecule has 4 nitrogen and oxygen atoms in total. The number of aromatic nitrogens is 2. The van der Waals surface area contributed by atoms with E-state index in [1.54, 1.807) is 0 Å². The van der Waals surface area contributed by atoms with Gasteiger partial charge in [0.25, 0.3) is 0 Å². The summed E-state index contributed by atoms with van der Waals surface area (Å²) in [6.45, 7) is 8.54. The molecule has 128 valence electrons. The van der Waals surface area contributed by atoms with E-state index in [0.29, 0.717) is 12.0 Å². The van der Waals surface area contributed by atoms with Crippen LogP contribution in [0.4, 0.5) is 17.5 Å². The van der Waals surface area contributed by atoms with Crippen molar-refractivity contribution in [3.8, 4) is 0 Å². The molecule has 1 saturated carbocycles. The Hall–Kier alpha value is -1.62. The van der Waals surface area contributed by atoms with E-state index >= 15 is 0 Å². The number of benzene rings is 1. The first-order chi connectivity index (χ1) is 11.5. The predicted molar refractivity (Wildman–Crippen MR) is 104 cm³/mol. The number of aryl methyl sites for hydroxylation is 2. The van der Waals surface area contributed by atoms with Gasteiger partial charge in [0.05, 0.1) is 5.69 Å². The average molecular weight is 389 g/mol. The molecule has 1 atom stereocenters. The summed E-state index contributed by atoms with van der Waals surface area (Å²) in [4.78, 5) is 9.40. The van der Waals surface area contributed by atoms with Crippen molar-refractivity contribution in [1.82, 2.24) is 9.97 Å². The molecule has 1 aromatic carbocycles. The standard InChI is InChI=1S/C19H25BrN4/c1-5-13(4)21-19-22-16(14-6-7-14)10-17(24-19)23-18-11(2)8-15(20)9-12(18)3/h8-10,13-14H,5-7H2,1-4H3,(H2,21,22,23,24)/t13-/m1/s1. The van der Waals surface area contributed by atoms with E-state index in [2.05, 4.69) is 77.4 Å². The first-order valence-corrected chi connectivity index (χ1v) is 9.45. The van der Waals surface area contributed by atoms with E-state index in [0.717, 1.165) is 34.0 Å². The lowest BCUT2D eigenvalue weighted by molar-refractivity contribution is 0.750. The summed E-state index contributed by atoms with van der Waals surface area (Å²) in [5.74, 6) is 2.19. The molecular weight excluding hydrogens is 364 g/mol. The highest BCUT2D eigenvalue weighted by Gasteiger charge is 2.26. The molecule has 0 radical (unpaired) electrons. The van der Waals surface area contributed by atoms with Crippen LogP contribution in [0.1, 0.15) is 55.8 Å². The van der Waals surface area contributed by atoms with Gasteiger partial charge in [-0.1, -0.05) is 22.9 Å². The van der Waals surface area contributed by atoms with Crippen LogP contribution in [0.5, 0.6) is 0 Å². The normalized spacial score (nSPS) is 15.2. The summed E-state index contributed by atoms with van der Waals surface area (Å²) in [6, 6.07) is 6.71. The number of rotatable bonds is 6. The van der Waals surface area contributed by atoms with Crippen molar-refractivity contribution >= 4 is 33.4 Å². The van der Waals surface area contributed by atoms with Crippen molar-refractivity contribution in [3.63, 3.8) is 0 Å². The lowest BCUT2D eigenvalue weighted by atomic mass is 10.1. The van der Waals surface area contributed by atoms with Crippen LogP contribution >= 0.6 is 15.9 Å². The molecule has 0 aliphatic heterocycles. The molecular formula is C19H25BrN4. The number of anilines is 3. The Bertz CT molecular complexity index is 717. The Morgan fingerprint density at radius 2 is 1.83 bits per heavy atom. The zero-order chi connectivity index (χ0) is 17.3. The molecule has 1 fully saturated rings. The minimum absolute atomic E-state index is 0.364. The smallest absolute Gasteiger partial charge is 0.225 e. The van der Waals surface area contributed by atoms with E-state index in [9.17, 15) is 0 Å². The third kappa shape index (κ3) is 4.07. The van der Waals surface area contributed by atoms with E-state index in [-0.39, 0.29) is 0 Å². The number of nitrogens with one attached hydrogen (secondary N) is 2. The highest BCUT2D eigenvalue weighted by molar-refractivity contribution is 9.10. The van der Waals surface area contributed by atoms with Crippen LogP contribution in [0.2, 0.25) is 0 Å². The van der Waals surface area contributed by atoms with Crippen molar-refractivity contribution in [2.75, 3.05) is 10.6 Å². The Kier molecular flexibility index (Phi) is 5.09. The molecule has 24 heavy (non-hydrogen) atoms. The maximum absolute atomic E-state index is 4.71. The van der Waals surface area contributed by atoms with Gasteiger partial charge in [0.2, 0.25) is 5.95 Å². The molecule has 3 rings (SSSR count). The molecule has 1 aliphatic rings. The van der Waals surface area contributed by atoms with Gasteiger partial charge in [-0.15, -0.1) is 0 Å². The van der Waals surface area contributed by atoms with Gasteiger partial charge in [0.1, 0.15) is 5.82 Å². The average Bonchev–Trinajstić information content (AvgIpc) is 3.35. The van der Waals surface area contributed by atoms with Crippen LogP contribution in [0.25, 0.3) is 0 Å². The zero-order valence-electron chi connectivity index (χ0n) is 14.8. The van der Waals surface area contributed by atoms with Crippen molar-refractivity contribution < 1.29 is 0 Å². The van der Waals surface area contributed by atoms with Crippen LogP contribution in [-0.4, -0.2) is 16.0 Å². The molecule has 0 bridgehead atoms. The summed E-state index contributed by atoms with van der Waals surface area (Å²) < 4.78 is 1.10. The quantitative estimate of drug-likeness (QED) is 0.667. The maximum atomic E-state index is 4.71. The van der Waals surface area contributed by atoms with Gasteiger partial charge in [0.15, 0.2) is 0 Å². The molecule has 1 aliphatic carbocycles. The Balaban J connectivity index is 1.92. The van der Waals surface area contributed by atoms with Crippen LogP contribution in [-0.2, 0) is 0 Å². The first kappa shape index (κ1) is 17.2. The molecule has 0 spiro atoms. The number of hydrogen-bond acceptors (Lipinski definition) is 4. The van der Waals surface area contributed by atoms with E-state index in [1.807, 2.05) is 0 Å². The summed E-state index contributed by atoms with van der Waals surface area (Å²) in [7, 11) is 0. The molecule has 2 N–H and O–H groups in total. The van der Waals surface area contributed by atoms with Gasteiger partial charge in [0, 0.05) is 28.2 Å². The Labute approximate surface area is 152 Å². The monoisotopic (exact) mass is 388 g/mol. The van der Waals surface area contributed by atoms with Crippen molar-refractivity contribution in [3.05, 3.63) is 39.5 Å². The molecule has 2 aromatic rings. The summed E-state index contributed by atoms with van der Waals surface area (Å²) in [5.41, 5.74) is 4.66. The topological polar surface area (TPSA) is 49.8 Å². The number of nitrogens with zero attached hydrogens (tertiary/aromatic N) is 2. The molecule has 0 unspecified atom stereocenters. The molecule has 1 heterocycles. The summed E-state index contributed by atoms with van der Waals surface area (Å²) in [6.07, 6.45) is 3.51. The van der Waals surface area contributed by atoms with Crippen molar-refractivity contribution in [1.29, 1.82) is 0 Å². The van der Waals surface area contributed by atoms with Crippen LogP contribution in [0.3, 0.4) is 0 Å². The van der Waals surface area contributed by atoms with Crippen LogP contribution in [0, 0.1) is 13.8 Å². The predicted octanol–water partition coefficient (Wildman–Crippen LogP) is 5.69. The highest BCUT2D eigenvalue weighted by atomic mass is 79.9. The Morgan fingerprint density at radius 3 is 2.42 bits per heavy atom. The second-order valence-electron chi connectivity index (χ2n) is 6.77. The van der Waals surface area contributed by atoms with Gasteiger partial charge in [-0.05, 0) is 63.3 Å². The second-order valence-corrected chi connectivity index (χ2v) is 7.68. The molecule has 0 saturated heterocycles. The zero-order valence-corrected chi connectivity index (χ0v) is 16.4. The first-order valence-electron chi connectivity index (χ1n) is 8.65. The van der Waals surface area contributed by atoms with Crippen LogP contribution in [0.15, 0.2) is 22.7 Å². The fraction of sp³-hybridized carbons (Fsp3) is 0.474. The fourth-order valence-corrected chi connectivity index (χ4v) is 3.43. The van der Waals surface area contributed by atoms with Gasteiger partial charge in [-0.3, -0.25) is 0 Å². The highest BCUT2D eigenvalue weighted by Crippen LogP contribution is 2.40. The van der Waals surface area contributed by atoms with Crippen molar-refractivity contribution in [2.45, 2.75) is 58.9 Å². The second kappa shape index (κ2) is 7.09. The van der Waals surface area contributed by atoms with Gasteiger partial charge in [-0.2, -0.15) is 4.98 Å². The number of halogens is 1. The SMILES string of the molecule is CC[C@@H](C)Nc1nc(Nc2c(C)cc(Br)cc2C)cc(C2CC2)n1. The van der Waals surface area contributed by atoms with E-state index < -0.39 is 0 Å². The lowest BCUT2D eigenvalue weighted by Crippen LogP contribution is -2.16. The van der Waals surface area contributed by atoms with Gasteiger partial charge < -0.3 is 10.6 Å². The molecule has 1 aromatic heterocycles. The van der Waals surface area contributed by atoms with Crippen molar-refractivity contribution in [2.24, 2.45) is 0 Å². The minimum Gasteiger partial charge on any atom is -0.352 e.